The molecule has 0 bridgehead atoms. The van der Waals surface area contributed by atoms with Crippen LogP contribution in [0.25, 0.3) is 11.1 Å². The van der Waals surface area contributed by atoms with Crippen molar-refractivity contribution in [3.63, 3.8) is 0 Å². The van der Waals surface area contributed by atoms with Gasteiger partial charge < -0.3 is 14.6 Å². The highest BCUT2D eigenvalue weighted by molar-refractivity contribution is 5.96. The Morgan fingerprint density at radius 1 is 1.17 bits per heavy atom. The van der Waals surface area contributed by atoms with E-state index in [0.29, 0.717) is 37.3 Å². The molecule has 1 N–H and O–H groups in total. The maximum absolute atomic E-state index is 12.3. The topological polar surface area (TPSA) is 73.2 Å². The van der Waals surface area contributed by atoms with Crippen LogP contribution in [-0.2, 0) is 24.4 Å². The second-order valence-corrected chi connectivity index (χ2v) is 7.21. The molecular weight excluding hydrogens is 366 g/mol. The predicted octanol–water partition coefficient (Wildman–Crippen LogP) is 3.70. The number of anilines is 1. The average molecular weight is 389 g/mol. The lowest BCUT2D eigenvalue weighted by Crippen LogP contribution is -2.21. The van der Waals surface area contributed by atoms with E-state index in [1.807, 2.05) is 44.3 Å². The second-order valence-electron chi connectivity index (χ2n) is 7.21. The van der Waals surface area contributed by atoms with Crippen molar-refractivity contribution in [3.8, 4) is 16.9 Å². The third-order valence-corrected chi connectivity index (χ3v) is 5.13. The SMILES string of the molecule is CCn1cc(-c2cc3c(c(OCc4cccnc4)c2)NC(=O)CC3)cc(C)c1=O. The number of ether oxygens (including phenoxy) is 1. The van der Waals surface area contributed by atoms with Crippen LogP contribution in [0.2, 0.25) is 0 Å². The first-order valence-corrected chi connectivity index (χ1v) is 9.75. The first-order chi connectivity index (χ1) is 14.0. The van der Waals surface area contributed by atoms with Gasteiger partial charge in [0, 0.05) is 42.7 Å². The van der Waals surface area contributed by atoms with Gasteiger partial charge in [-0.25, -0.2) is 0 Å². The molecule has 0 saturated carbocycles. The molecule has 3 aromatic rings. The van der Waals surface area contributed by atoms with E-state index in [4.69, 9.17) is 4.74 Å². The van der Waals surface area contributed by atoms with Gasteiger partial charge in [0.05, 0.1) is 5.69 Å². The van der Waals surface area contributed by atoms with Crippen LogP contribution in [0.15, 0.2) is 53.7 Å². The van der Waals surface area contributed by atoms with Crippen LogP contribution in [0.4, 0.5) is 5.69 Å². The predicted molar refractivity (Wildman–Crippen MR) is 112 cm³/mol. The summed E-state index contributed by atoms with van der Waals surface area (Å²) in [4.78, 5) is 28.3. The first kappa shape index (κ1) is 18.9. The molecule has 0 fully saturated rings. The zero-order valence-corrected chi connectivity index (χ0v) is 16.6. The van der Waals surface area contributed by atoms with Gasteiger partial charge in [-0.15, -0.1) is 0 Å². The number of pyridine rings is 2. The molecule has 4 rings (SSSR count). The summed E-state index contributed by atoms with van der Waals surface area (Å²) < 4.78 is 7.80. The zero-order valence-electron chi connectivity index (χ0n) is 16.6. The lowest BCUT2D eigenvalue weighted by molar-refractivity contribution is -0.116. The smallest absolute Gasteiger partial charge is 0.253 e. The van der Waals surface area contributed by atoms with E-state index in [1.54, 1.807) is 17.0 Å². The number of carbonyl (C=O) groups is 1. The van der Waals surface area contributed by atoms with Crippen LogP contribution in [0.5, 0.6) is 5.75 Å². The Labute approximate surface area is 169 Å². The second kappa shape index (κ2) is 7.91. The van der Waals surface area contributed by atoms with E-state index in [9.17, 15) is 9.59 Å². The van der Waals surface area contributed by atoms with Crippen molar-refractivity contribution in [2.45, 2.75) is 39.8 Å². The van der Waals surface area contributed by atoms with Gasteiger partial charge in [0.15, 0.2) is 0 Å². The molecule has 6 nitrogen and oxygen atoms in total. The van der Waals surface area contributed by atoms with Crippen LogP contribution in [-0.4, -0.2) is 15.5 Å². The van der Waals surface area contributed by atoms with Gasteiger partial charge in [0.25, 0.3) is 5.56 Å². The molecule has 148 valence electrons. The maximum Gasteiger partial charge on any atom is 0.253 e. The summed E-state index contributed by atoms with van der Waals surface area (Å²) in [6, 6.07) is 9.72. The molecule has 0 radical (unpaired) electrons. The van der Waals surface area contributed by atoms with Crippen LogP contribution in [0.1, 0.15) is 30.0 Å². The highest BCUT2D eigenvalue weighted by Crippen LogP contribution is 2.38. The van der Waals surface area contributed by atoms with Gasteiger partial charge in [0.1, 0.15) is 12.4 Å². The fourth-order valence-corrected chi connectivity index (χ4v) is 3.57. The molecule has 0 unspecified atom stereocenters. The quantitative estimate of drug-likeness (QED) is 0.722. The highest BCUT2D eigenvalue weighted by Gasteiger charge is 2.21. The van der Waals surface area contributed by atoms with E-state index < -0.39 is 0 Å². The standard InChI is InChI=1S/C23H23N3O3/c1-3-26-13-19(9-15(2)23(26)28)18-10-17-6-7-21(27)25-22(17)20(11-18)29-14-16-5-4-8-24-12-16/h4-5,8-13H,3,6-7,14H2,1-2H3,(H,25,27). The van der Waals surface area contributed by atoms with E-state index in [2.05, 4.69) is 16.4 Å². The Balaban J connectivity index is 1.77. The number of hydrogen-bond acceptors (Lipinski definition) is 4. The fraction of sp³-hybridized carbons (Fsp3) is 0.261. The number of carbonyl (C=O) groups excluding carboxylic acids is 1. The number of rotatable bonds is 5. The van der Waals surface area contributed by atoms with Gasteiger partial charge in [-0.3, -0.25) is 14.6 Å². The Morgan fingerprint density at radius 2 is 2.03 bits per heavy atom. The number of nitrogens with zero attached hydrogens (tertiary/aromatic N) is 2. The lowest BCUT2D eigenvalue weighted by Gasteiger charge is -2.22. The average Bonchev–Trinajstić information content (AvgIpc) is 2.74. The Hall–Kier alpha value is -3.41. The molecule has 29 heavy (non-hydrogen) atoms. The van der Waals surface area contributed by atoms with Crippen LogP contribution in [0.3, 0.4) is 0 Å². The Kier molecular flexibility index (Phi) is 5.16. The molecule has 1 aliphatic heterocycles. The Bertz CT molecular complexity index is 1120. The van der Waals surface area contributed by atoms with Gasteiger partial charge in [0.2, 0.25) is 5.91 Å². The summed E-state index contributed by atoms with van der Waals surface area (Å²) in [6.07, 6.45) is 6.46. The number of amides is 1. The van der Waals surface area contributed by atoms with Crippen molar-refractivity contribution in [3.05, 3.63) is 76.0 Å². The summed E-state index contributed by atoms with van der Waals surface area (Å²) in [5, 5.41) is 2.95. The number of aromatic nitrogens is 2. The number of fused-ring (bicyclic) bond motifs is 1. The highest BCUT2D eigenvalue weighted by atomic mass is 16.5. The van der Waals surface area contributed by atoms with Crippen molar-refractivity contribution in [1.29, 1.82) is 0 Å². The minimum Gasteiger partial charge on any atom is -0.487 e. The molecule has 0 saturated heterocycles. The van der Waals surface area contributed by atoms with E-state index in [1.165, 1.54) is 0 Å². The molecule has 0 atom stereocenters. The molecular formula is C23H23N3O3. The van der Waals surface area contributed by atoms with Gasteiger partial charge in [-0.2, -0.15) is 0 Å². The van der Waals surface area contributed by atoms with Gasteiger partial charge in [-0.05, 0) is 61.2 Å². The molecule has 0 aliphatic carbocycles. The minimum atomic E-state index is -0.00754. The summed E-state index contributed by atoms with van der Waals surface area (Å²) in [6.45, 7) is 4.75. The summed E-state index contributed by atoms with van der Waals surface area (Å²) in [7, 11) is 0. The van der Waals surface area contributed by atoms with Crippen molar-refractivity contribution in [1.82, 2.24) is 9.55 Å². The lowest BCUT2D eigenvalue weighted by atomic mass is 9.96. The normalized spacial score (nSPS) is 13.0. The van der Waals surface area contributed by atoms with Gasteiger partial charge >= 0.3 is 0 Å². The van der Waals surface area contributed by atoms with E-state index in [-0.39, 0.29) is 11.5 Å². The van der Waals surface area contributed by atoms with Crippen LogP contribution >= 0.6 is 0 Å². The molecule has 0 spiro atoms. The largest absolute Gasteiger partial charge is 0.487 e. The minimum absolute atomic E-state index is 0.00754. The number of aryl methyl sites for hydroxylation is 3. The van der Waals surface area contributed by atoms with E-state index in [0.717, 1.165) is 27.9 Å². The molecule has 2 aromatic heterocycles. The summed E-state index contributed by atoms with van der Waals surface area (Å²) in [5.74, 6) is 0.619. The summed E-state index contributed by atoms with van der Waals surface area (Å²) in [5.41, 5.74) is 5.36. The molecule has 1 amide bonds. The third-order valence-electron chi connectivity index (χ3n) is 5.13. The van der Waals surface area contributed by atoms with Crippen LogP contribution in [0, 0.1) is 6.92 Å². The molecule has 3 heterocycles. The Morgan fingerprint density at radius 3 is 2.79 bits per heavy atom. The maximum atomic E-state index is 12.3. The molecule has 1 aromatic carbocycles. The van der Waals surface area contributed by atoms with Crippen LogP contribution < -0.4 is 15.6 Å². The van der Waals surface area contributed by atoms with Crippen molar-refractivity contribution in [2.24, 2.45) is 0 Å². The zero-order chi connectivity index (χ0) is 20.4. The molecule has 1 aliphatic rings. The third kappa shape index (κ3) is 3.92. The first-order valence-electron chi connectivity index (χ1n) is 9.75. The summed E-state index contributed by atoms with van der Waals surface area (Å²) >= 11 is 0. The fourth-order valence-electron chi connectivity index (χ4n) is 3.57. The number of nitrogens with one attached hydrogen (secondary N) is 1. The van der Waals surface area contributed by atoms with Gasteiger partial charge in [-0.1, -0.05) is 6.07 Å². The molecule has 6 heteroatoms. The van der Waals surface area contributed by atoms with Crippen molar-refractivity contribution < 1.29 is 9.53 Å². The van der Waals surface area contributed by atoms with E-state index >= 15 is 0 Å². The van der Waals surface area contributed by atoms with Crippen molar-refractivity contribution >= 4 is 11.6 Å². The number of benzene rings is 1. The number of hydrogen-bond donors (Lipinski definition) is 1. The van der Waals surface area contributed by atoms with Crippen molar-refractivity contribution in [2.75, 3.05) is 5.32 Å². The monoisotopic (exact) mass is 389 g/mol.